The van der Waals surface area contributed by atoms with E-state index in [-0.39, 0.29) is 24.3 Å². The highest BCUT2D eigenvalue weighted by Gasteiger charge is 2.35. The molecule has 5 nitrogen and oxygen atoms in total. The molecule has 0 aliphatic carbocycles. The molecule has 0 bridgehead atoms. The number of halogens is 2. The van der Waals surface area contributed by atoms with Crippen LogP contribution in [0.3, 0.4) is 0 Å². The van der Waals surface area contributed by atoms with E-state index in [1.807, 2.05) is 31.2 Å². The maximum atomic E-state index is 12.8. The summed E-state index contributed by atoms with van der Waals surface area (Å²) in [7, 11) is 0. The van der Waals surface area contributed by atoms with E-state index in [1.54, 1.807) is 18.2 Å². The van der Waals surface area contributed by atoms with Crippen LogP contribution in [0.4, 0.5) is 4.79 Å². The van der Waals surface area contributed by atoms with Gasteiger partial charge in [0, 0.05) is 4.47 Å². The van der Waals surface area contributed by atoms with Gasteiger partial charge in [0.2, 0.25) is 0 Å². The van der Waals surface area contributed by atoms with Crippen molar-refractivity contribution < 1.29 is 19.1 Å². The number of imide groups is 1. The number of thioether (sulfide) groups is 1. The first-order valence-electron chi connectivity index (χ1n) is 8.95. The standard InChI is InChI=1S/C22H17BrClNO4S/c1-3-9-29-20-17(24)10-15(11-18(20)28-4-2)12-19-21(26)25(22(27)30-19)13-14-5-7-16(23)8-6-14/h1,5-8,10-12H,4,9,13H2,2H3/b19-12-. The van der Waals surface area contributed by atoms with Crippen molar-refractivity contribution >= 4 is 56.5 Å². The van der Waals surface area contributed by atoms with Gasteiger partial charge in [0.1, 0.15) is 6.61 Å². The zero-order valence-electron chi connectivity index (χ0n) is 16.0. The van der Waals surface area contributed by atoms with E-state index < -0.39 is 0 Å². The summed E-state index contributed by atoms with van der Waals surface area (Å²) in [5.41, 5.74) is 1.48. The predicted molar refractivity (Wildman–Crippen MR) is 123 cm³/mol. The smallest absolute Gasteiger partial charge is 0.293 e. The largest absolute Gasteiger partial charge is 0.490 e. The first-order chi connectivity index (χ1) is 14.4. The van der Waals surface area contributed by atoms with Gasteiger partial charge in [-0.25, -0.2) is 0 Å². The fraction of sp³-hybridized carbons (Fsp3) is 0.182. The maximum absolute atomic E-state index is 12.8. The Morgan fingerprint density at radius 1 is 1.23 bits per heavy atom. The number of carbonyl (C=O) groups is 2. The highest BCUT2D eigenvalue weighted by molar-refractivity contribution is 9.10. The number of carbonyl (C=O) groups excluding carboxylic acids is 2. The third kappa shape index (κ3) is 5.20. The lowest BCUT2D eigenvalue weighted by atomic mass is 10.1. The Hall–Kier alpha value is -2.40. The molecule has 1 aliphatic rings. The maximum Gasteiger partial charge on any atom is 0.293 e. The molecule has 8 heteroatoms. The summed E-state index contributed by atoms with van der Waals surface area (Å²) >= 11 is 10.6. The Morgan fingerprint density at radius 2 is 1.97 bits per heavy atom. The van der Waals surface area contributed by atoms with Crippen molar-refractivity contribution in [3.63, 3.8) is 0 Å². The topological polar surface area (TPSA) is 55.8 Å². The van der Waals surface area contributed by atoms with Gasteiger partial charge in [0.25, 0.3) is 11.1 Å². The van der Waals surface area contributed by atoms with E-state index in [1.165, 1.54) is 4.90 Å². The molecule has 1 heterocycles. The molecule has 0 radical (unpaired) electrons. The minimum Gasteiger partial charge on any atom is -0.490 e. The molecule has 2 aromatic carbocycles. The summed E-state index contributed by atoms with van der Waals surface area (Å²) in [4.78, 5) is 26.7. The van der Waals surface area contributed by atoms with Crippen molar-refractivity contribution in [3.8, 4) is 23.8 Å². The second kappa shape index (κ2) is 10.1. The Kier molecular flexibility index (Phi) is 7.48. The van der Waals surface area contributed by atoms with Gasteiger partial charge < -0.3 is 9.47 Å². The van der Waals surface area contributed by atoms with Gasteiger partial charge in [-0.2, -0.15) is 0 Å². The lowest BCUT2D eigenvalue weighted by molar-refractivity contribution is -0.123. The van der Waals surface area contributed by atoms with Gasteiger partial charge in [-0.15, -0.1) is 6.42 Å². The number of benzene rings is 2. The molecule has 1 aliphatic heterocycles. The van der Waals surface area contributed by atoms with Crippen LogP contribution in [0.15, 0.2) is 45.8 Å². The molecule has 30 heavy (non-hydrogen) atoms. The van der Waals surface area contributed by atoms with E-state index in [0.717, 1.165) is 21.8 Å². The van der Waals surface area contributed by atoms with Crippen LogP contribution in [0.25, 0.3) is 6.08 Å². The zero-order chi connectivity index (χ0) is 21.7. The summed E-state index contributed by atoms with van der Waals surface area (Å²) in [5, 5.41) is -0.0178. The van der Waals surface area contributed by atoms with Gasteiger partial charge in [-0.1, -0.05) is 45.6 Å². The molecule has 3 rings (SSSR count). The van der Waals surface area contributed by atoms with E-state index in [0.29, 0.717) is 33.6 Å². The highest BCUT2D eigenvalue weighted by atomic mass is 79.9. The highest BCUT2D eigenvalue weighted by Crippen LogP contribution is 2.39. The molecule has 0 unspecified atom stereocenters. The molecule has 1 fully saturated rings. The first-order valence-corrected chi connectivity index (χ1v) is 10.9. The summed E-state index contributed by atoms with van der Waals surface area (Å²) in [5.74, 6) is 2.79. The van der Waals surface area contributed by atoms with Crippen LogP contribution in [0.2, 0.25) is 5.02 Å². The SMILES string of the molecule is C#CCOc1c(Cl)cc(/C=C2\SC(=O)N(Cc3ccc(Br)cc3)C2=O)cc1OCC. The molecular formula is C22H17BrClNO4S. The molecule has 2 aromatic rings. The van der Waals surface area contributed by atoms with Crippen molar-refractivity contribution in [1.29, 1.82) is 0 Å². The van der Waals surface area contributed by atoms with Crippen molar-refractivity contribution in [3.05, 3.63) is 61.9 Å². The fourth-order valence-corrected chi connectivity index (χ4v) is 4.12. The number of nitrogens with zero attached hydrogens (tertiary/aromatic N) is 1. The van der Waals surface area contributed by atoms with Gasteiger partial charge in [-0.3, -0.25) is 14.5 Å². The molecule has 1 saturated heterocycles. The van der Waals surface area contributed by atoms with E-state index >= 15 is 0 Å². The molecule has 0 N–H and O–H groups in total. The molecule has 0 atom stereocenters. The first kappa shape index (κ1) is 22.3. The third-order valence-electron chi connectivity index (χ3n) is 4.06. The fourth-order valence-electron chi connectivity index (χ4n) is 2.75. The van der Waals surface area contributed by atoms with Crippen LogP contribution in [-0.2, 0) is 11.3 Å². The average molecular weight is 507 g/mol. The molecule has 0 spiro atoms. The minimum atomic E-state index is -0.352. The zero-order valence-corrected chi connectivity index (χ0v) is 19.1. The van der Waals surface area contributed by atoms with Crippen LogP contribution in [0, 0.1) is 12.3 Å². The number of hydrogen-bond donors (Lipinski definition) is 0. The van der Waals surface area contributed by atoms with Gasteiger partial charge in [0.05, 0.1) is 23.1 Å². The van der Waals surface area contributed by atoms with Gasteiger partial charge in [0.15, 0.2) is 11.5 Å². The number of amides is 2. The van der Waals surface area contributed by atoms with Crippen molar-refractivity contribution in [1.82, 2.24) is 4.90 Å². The number of ether oxygens (including phenoxy) is 2. The molecule has 0 saturated carbocycles. The Bertz CT molecular complexity index is 1050. The minimum absolute atomic E-state index is 0.0497. The van der Waals surface area contributed by atoms with Crippen LogP contribution < -0.4 is 9.47 Å². The normalized spacial score (nSPS) is 14.9. The Labute approximate surface area is 192 Å². The predicted octanol–water partition coefficient (Wildman–Crippen LogP) is 5.75. The second-order valence-electron chi connectivity index (χ2n) is 6.15. The van der Waals surface area contributed by atoms with E-state index in [9.17, 15) is 9.59 Å². The number of hydrogen-bond acceptors (Lipinski definition) is 5. The quantitative estimate of drug-likeness (QED) is 0.353. The Morgan fingerprint density at radius 3 is 2.63 bits per heavy atom. The van der Waals surface area contributed by atoms with E-state index in [2.05, 4.69) is 21.9 Å². The van der Waals surface area contributed by atoms with Gasteiger partial charge in [-0.05, 0) is 60.2 Å². The number of rotatable bonds is 7. The molecule has 2 amide bonds. The van der Waals surface area contributed by atoms with Crippen molar-refractivity contribution in [2.45, 2.75) is 13.5 Å². The second-order valence-corrected chi connectivity index (χ2v) is 8.47. The monoisotopic (exact) mass is 505 g/mol. The van der Waals surface area contributed by atoms with Crippen LogP contribution in [0.1, 0.15) is 18.1 Å². The summed E-state index contributed by atoms with van der Waals surface area (Å²) in [6.45, 7) is 2.49. The third-order valence-corrected chi connectivity index (χ3v) is 5.77. The molecule has 154 valence electrons. The van der Waals surface area contributed by atoms with Crippen LogP contribution >= 0.6 is 39.3 Å². The van der Waals surface area contributed by atoms with Crippen LogP contribution in [-0.4, -0.2) is 29.3 Å². The van der Waals surface area contributed by atoms with Gasteiger partial charge >= 0.3 is 0 Å². The average Bonchev–Trinajstić information content (AvgIpc) is 2.96. The summed E-state index contributed by atoms with van der Waals surface area (Å²) < 4.78 is 12.0. The lowest BCUT2D eigenvalue weighted by Crippen LogP contribution is -2.27. The summed E-state index contributed by atoms with van der Waals surface area (Å²) in [6, 6.07) is 10.8. The number of terminal acetylenes is 1. The molecule has 0 aromatic heterocycles. The molecular weight excluding hydrogens is 490 g/mol. The Balaban J connectivity index is 1.85. The summed E-state index contributed by atoms with van der Waals surface area (Å²) in [6.07, 6.45) is 6.86. The lowest BCUT2D eigenvalue weighted by Gasteiger charge is -2.13. The van der Waals surface area contributed by atoms with Crippen molar-refractivity contribution in [2.75, 3.05) is 13.2 Å². The van der Waals surface area contributed by atoms with Crippen molar-refractivity contribution in [2.24, 2.45) is 0 Å². The van der Waals surface area contributed by atoms with E-state index in [4.69, 9.17) is 27.5 Å². The van der Waals surface area contributed by atoms with Crippen LogP contribution in [0.5, 0.6) is 11.5 Å².